The largest absolute Gasteiger partial charge is 0.483 e. The zero-order valence-corrected chi connectivity index (χ0v) is 18.3. The maximum atomic E-state index is 12.5. The Morgan fingerprint density at radius 1 is 1.15 bits per heavy atom. The molecule has 0 saturated carbocycles. The number of carbonyl (C=O) groups is 2. The minimum Gasteiger partial charge on any atom is -0.483 e. The number of hydrogen-bond acceptors (Lipinski definition) is 5. The summed E-state index contributed by atoms with van der Waals surface area (Å²) in [5.41, 5.74) is 3.14. The number of benzene rings is 2. The molecular weight excluding hydrogens is 424 g/mol. The van der Waals surface area contributed by atoms with Crippen LogP contribution in [0.4, 0.5) is 0 Å². The van der Waals surface area contributed by atoms with Gasteiger partial charge >= 0.3 is 11.6 Å². The third-order valence-corrected chi connectivity index (χ3v) is 5.67. The van der Waals surface area contributed by atoms with Crippen molar-refractivity contribution in [3.8, 4) is 5.75 Å². The van der Waals surface area contributed by atoms with Crippen molar-refractivity contribution in [2.75, 3.05) is 6.61 Å². The second kappa shape index (κ2) is 9.20. The minimum absolute atomic E-state index is 0.130. The Bertz CT molecular complexity index is 1400. The van der Waals surface area contributed by atoms with Gasteiger partial charge in [0.25, 0.3) is 5.91 Å². The number of rotatable bonds is 8. The van der Waals surface area contributed by atoms with E-state index >= 15 is 0 Å². The molecule has 8 heteroatoms. The first kappa shape index (κ1) is 22.1. The molecular formula is C25H24N2O6. The third kappa shape index (κ3) is 4.59. The van der Waals surface area contributed by atoms with Crippen molar-refractivity contribution in [3.63, 3.8) is 0 Å². The molecule has 0 spiro atoms. The van der Waals surface area contributed by atoms with Crippen LogP contribution >= 0.6 is 0 Å². The summed E-state index contributed by atoms with van der Waals surface area (Å²) in [7, 11) is 0. The van der Waals surface area contributed by atoms with E-state index < -0.39 is 23.5 Å². The number of carboxylic acids is 1. The summed E-state index contributed by atoms with van der Waals surface area (Å²) in [6.45, 7) is 3.32. The molecule has 4 rings (SSSR count). The van der Waals surface area contributed by atoms with E-state index in [1.54, 1.807) is 25.3 Å². The Labute approximate surface area is 189 Å². The number of carboxylic acid groups (broad SMARTS) is 1. The Morgan fingerprint density at radius 2 is 1.94 bits per heavy atom. The van der Waals surface area contributed by atoms with Crippen LogP contribution in [0.5, 0.6) is 5.75 Å². The van der Waals surface area contributed by atoms with Crippen molar-refractivity contribution in [3.05, 3.63) is 75.8 Å². The molecule has 0 bridgehead atoms. The highest BCUT2D eigenvalue weighted by atomic mass is 16.5. The molecule has 4 aromatic rings. The first-order chi connectivity index (χ1) is 15.9. The average molecular weight is 448 g/mol. The van der Waals surface area contributed by atoms with E-state index in [-0.39, 0.29) is 13.0 Å². The normalized spacial score (nSPS) is 12.1. The summed E-state index contributed by atoms with van der Waals surface area (Å²) in [6.07, 6.45) is 2.56. The quantitative estimate of drug-likeness (QED) is 0.356. The molecule has 0 aliphatic heterocycles. The molecule has 3 N–H and O–H groups in total. The van der Waals surface area contributed by atoms with Gasteiger partial charge in [0.1, 0.15) is 17.4 Å². The number of carbonyl (C=O) groups excluding carboxylic acids is 1. The number of aryl methyl sites for hydroxylation is 2. The first-order valence-electron chi connectivity index (χ1n) is 10.6. The van der Waals surface area contributed by atoms with Crippen molar-refractivity contribution in [2.24, 2.45) is 0 Å². The molecule has 0 saturated heterocycles. The van der Waals surface area contributed by atoms with Crippen molar-refractivity contribution < 1.29 is 23.8 Å². The highest BCUT2D eigenvalue weighted by Crippen LogP contribution is 2.28. The van der Waals surface area contributed by atoms with Crippen LogP contribution in [0.25, 0.3) is 21.9 Å². The van der Waals surface area contributed by atoms with Gasteiger partial charge in [-0.25, -0.2) is 9.59 Å². The second-order valence-corrected chi connectivity index (χ2v) is 7.82. The Kier molecular flexibility index (Phi) is 6.17. The van der Waals surface area contributed by atoms with Crippen molar-refractivity contribution in [2.45, 2.75) is 32.7 Å². The fourth-order valence-corrected chi connectivity index (χ4v) is 3.96. The third-order valence-electron chi connectivity index (χ3n) is 5.67. The van der Waals surface area contributed by atoms with Gasteiger partial charge in [-0.2, -0.15) is 0 Å². The van der Waals surface area contributed by atoms with Gasteiger partial charge in [-0.15, -0.1) is 0 Å². The first-order valence-corrected chi connectivity index (χ1v) is 10.6. The highest BCUT2D eigenvalue weighted by molar-refractivity contribution is 5.88. The summed E-state index contributed by atoms with van der Waals surface area (Å²) < 4.78 is 11.0. The van der Waals surface area contributed by atoms with Gasteiger partial charge in [0, 0.05) is 40.5 Å². The number of aliphatic carboxylic acids is 1. The lowest BCUT2D eigenvalue weighted by Crippen LogP contribution is -2.44. The van der Waals surface area contributed by atoms with E-state index in [4.69, 9.17) is 9.15 Å². The van der Waals surface area contributed by atoms with Gasteiger partial charge in [0.05, 0.1) is 0 Å². The van der Waals surface area contributed by atoms with Crippen molar-refractivity contribution in [1.29, 1.82) is 0 Å². The van der Waals surface area contributed by atoms with Crippen LogP contribution in [0, 0.1) is 6.92 Å². The summed E-state index contributed by atoms with van der Waals surface area (Å²) >= 11 is 0. The number of hydrogen-bond donors (Lipinski definition) is 3. The van der Waals surface area contributed by atoms with Crippen LogP contribution in [0.3, 0.4) is 0 Å². The van der Waals surface area contributed by atoms with E-state index in [1.807, 2.05) is 31.2 Å². The lowest BCUT2D eigenvalue weighted by Gasteiger charge is -2.16. The van der Waals surface area contributed by atoms with E-state index in [9.17, 15) is 19.5 Å². The Morgan fingerprint density at radius 3 is 2.70 bits per heavy atom. The fraction of sp³-hybridized carbons (Fsp3) is 0.240. The summed E-state index contributed by atoms with van der Waals surface area (Å²) in [5, 5.41) is 13.9. The lowest BCUT2D eigenvalue weighted by molar-refractivity contribution is -0.142. The molecule has 2 aromatic heterocycles. The van der Waals surface area contributed by atoms with Gasteiger partial charge in [-0.05, 0) is 42.7 Å². The van der Waals surface area contributed by atoms with E-state index in [2.05, 4.69) is 10.3 Å². The summed E-state index contributed by atoms with van der Waals surface area (Å²) in [6, 6.07) is 11.4. The molecule has 0 fully saturated rings. The average Bonchev–Trinajstić information content (AvgIpc) is 3.21. The summed E-state index contributed by atoms with van der Waals surface area (Å²) in [4.78, 5) is 39.2. The van der Waals surface area contributed by atoms with Gasteiger partial charge < -0.3 is 24.6 Å². The van der Waals surface area contributed by atoms with E-state index in [0.717, 1.165) is 27.4 Å². The maximum absolute atomic E-state index is 12.5. The van der Waals surface area contributed by atoms with Crippen LogP contribution in [0.1, 0.15) is 23.6 Å². The fourth-order valence-electron chi connectivity index (χ4n) is 3.96. The molecule has 1 atom stereocenters. The zero-order chi connectivity index (χ0) is 23.5. The molecule has 2 aromatic carbocycles. The van der Waals surface area contributed by atoms with Gasteiger partial charge in [0.15, 0.2) is 6.61 Å². The van der Waals surface area contributed by atoms with Gasteiger partial charge in [-0.3, -0.25) is 4.79 Å². The van der Waals surface area contributed by atoms with Crippen LogP contribution in [0.2, 0.25) is 0 Å². The standard InChI is InChI=1S/C25H24N2O6/c1-3-15-11-23(29)33-24-14(2)21(9-8-18(15)24)32-13-22(28)27-20(25(30)31)10-16-12-26-19-7-5-4-6-17(16)19/h4-9,11-12,20,26H,3,10,13H2,1-2H3,(H,27,28)(H,30,31). The molecule has 170 valence electrons. The van der Waals surface area contributed by atoms with E-state index in [0.29, 0.717) is 23.3 Å². The molecule has 8 nitrogen and oxygen atoms in total. The molecule has 2 heterocycles. The highest BCUT2D eigenvalue weighted by Gasteiger charge is 2.22. The monoisotopic (exact) mass is 448 g/mol. The number of aromatic amines is 1. The topological polar surface area (TPSA) is 122 Å². The zero-order valence-electron chi connectivity index (χ0n) is 18.3. The molecule has 1 unspecified atom stereocenters. The molecule has 0 radical (unpaired) electrons. The second-order valence-electron chi connectivity index (χ2n) is 7.82. The van der Waals surface area contributed by atoms with Crippen molar-refractivity contribution in [1.82, 2.24) is 10.3 Å². The number of fused-ring (bicyclic) bond motifs is 2. The lowest BCUT2D eigenvalue weighted by atomic mass is 10.0. The molecule has 33 heavy (non-hydrogen) atoms. The predicted octanol–water partition coefficient (Wildman–Crippen LogP) is 3.34. The number of nitrogens with one attached hydrogen (secondary N) is 2. The number of amides is 1. The smallest absolute Gasteiger partial charge is 0.336 e. The molecule has 0 aliphatic carbocycles. The minimum atomic E-state index is -1.13. The Balaban J connectivity index is 1.46. The number of ether oxygens (including phenoxy) is 1. The predicted molar refractivity (Wildman–Crippen MR) is 124 cm³/mol. The van der Waals surface area contributed by atoms with Crippen LogP contribution in [-0.4, -0.2) is 34.6 Å². The molecule has 0 aliphatic rings. The van der Waals surface area contributed by atoms with Gasteiger partial charge in [-0.1, -0.05) is 25.1 Å². The summed E-state index contributed by atoms with van der Waals surface area (Å²) in [5.74, 6) is -1.31. The van der Waals surface area contributed by atoms with Crippen LogP contribution < -0.4 is 15.7 Å². The SMILES string of the molecule is CCc1cc(=O)oc2c(C)c(OCC(=O)NC(Cc3c[nH]c4ccccc34)C(=O)O)ccc12. The van der Waals surface area contributed by atoms with Crippen molar-refractivity contribution >= 4 is 33.7 Å². The van der Waals surface area contributed by atoms with Crippen LogP contribution in [0.15, 0.2) is 57.9 Å². The van der Waals surface area contributed by atoms with E-state index in [1.165, 1.54) is 6.07 Å². The molecule has 1 amide bonds. The maximum Gasteiger partial charge on any atom is 0.336 e. The number of aromatic nitrogens is 1. The number of para-hydroxylation sites is 1. The Hall–Kier alpha value is -4.07. The van der Waals surface area contributed by atoms with Gasteiger partial charge in [0.2, 0.25) is 0 Å². The van der Waals surface area contributed by atoms with Crippen LogP contribution in [-0.2, 0) is 22.4 Å². The number of H-pyrrole nitrogens is 1.